The highest BCUT2D eigenvalue weighted by Crippen LogP contribution is 2.20. The summed E-state index contributed by atoms with van der Waals surface area (Å²) in [6.45, 7) is -0.283. The van der Waals surface area contributed by atoms with Gasteiger partial charge in [-0.3, -0.25) is 14.4 Å². The van der Waals surface area contributed by atoms with Gasteiger partial charge in [0.15, 0.2) is 11.5 Å². The molecular weight excluding hydrogens is 501 g/mol. The molecule has 0 radical (unpaired) electrons. The van der Waals surface area contributed by atoms with Gasteiger partial charge in [0.1, 0.15) is 17.5 Å². The molecule has 0 unspecified atom stereocenters. The molecule has 1 heterocycles. The minimum Gasteiger partial charge on any atom is -0.503 e. The van der Waals surface area contributed by atoms with Crippen LogP contribution in [-0.4, -0.2) is 38.6 Å². The van der Waals surface area contributed by atoms with E-state index in [4.69, 9.17) is 0 Å². The van der Waals surface area contributed by atoms with Crippen molar-refractivity contribution in [3.05, 3.63) is 117 Å². The van der Waals surface area contributed by atoms with Gasteiger partial charge in [-0.2, -0.15) is 0 Å². The van der Waals surface area contributed by atoms with Crippen molar-refractivity contribution in [2.45, 2.75) is 44.4 Å². The van der Waals surface area contributed by atoms with Crippen LogP contribution in [0.1, 0.15) is 46.3 Å². The van der Waals surface area contributed by atoms with Gasteiger partial charge in [-0.15, -0.1) is 0 Å². The van der Waals surface area contributed by atoms with Gasteiger partial charge >= 0.3 is 0 Å². The smallest absolute Gasteiger partial charge is 0.286 e. The summed E-state index contributed by atoms with van der Waals surface area (Å²) in [5, 5.41) is 22.5. The van der Waals surface area contributed by atoms with Crippen LogP contribution in [0, 0.1) is 17.5 Å². The van der Waals surface area contributed by atoms with Crippen LogP contribution in [0.2, 0.25) is 0 Å². The van der Waals surface area contributed by atoms with Crippen molar-refractivity contribution in [3.63, 3.8) is 0 Å². The van der Waals surface area contributed by atoms with E-state index in [2.05, 4.69) is 5.32 Å². The highest BCUT2D eigenvalue weighted by molar-refractivity contribution is 6.08. The van der Waals surface area contributed by atoms with E-state index in [1.807, 2.05) is 0 Å². The normalized spacial score (nSPS) is 17.4. The van der Waals surface area contributed by atoms with Crippen LogP contribution in [0.4, 0.5) is 13.2 Å². The number of hydrogen-bond donors (Lipinski definition) is 3. The molecule has 10 heteroatoms. The van der Waals surface area contributed by atoms with Crippen molar-refractivity contribution < 1.29 is 33.0 Å². The minimum absolute atomic E-state index is 0.134. The van der Waals surface area contributed by atoms with Crippen LogP contribution < -0.4 is 10.9 Å². The molecule has 1 aromatic heterocycles. The average molecular weight is 527 g/mol. The Morgan fingerprint density at radius 2 is 1.71 bits per heavy atom. The van der Waals surface area contributed by atoms with E-state index in [1.54, 1.807) is 6.07 Å². The van der Waals surface area contributed by atoms with E-state index in [-0.39, 0.29) is 29.7 Å². The number of pyridine rings is 1. The molecule has 0 spiro atoms. The Labute approximate surface area is 215 Å². The van der Waals surface area contributed by atoms with Crippen LogP contribution >= 0.6 is 0 Å². The van der Waals surface area contributed by atoms with Crippen molar-refractivity contribution in [2.24, 2.45) is 0 Å². The Bertz CT molecular complexity index is 1450. The Morgan fingerprint density at radius 1 is 1.03 bits per heavy atom. The third-order valence-corrected chi connectivity index (χ3v) is 6.45. The maximum atomic E-state index is 14.3. The van der Waals surface area contributed by atoms with Gasteiger partial charge < -0.3 is 20.1 Å². The lowest BCUT2D eigenvalue weighted by molar-refractivity contribution is -0.121. The number of aliphatic hydroxyl groups excluding tert-OH is 2. The van der Waals surface area contributed by atoms with Crippen LogP contribution in [0.15, 0.2) is 71.4 Å². The summed E-state index contributed by atoms with van der Waals surface area (Å²) in [4.78, 5) is 38.5. The first-order valence-electron chi connectivity index (χ1n) is 12.0. The number of nitrogens with one attached hydrogen (secondary N) is 1. The van der Waals surface area contributed by atoms with E-state index < -0.39 is 58.2 Å². The fraction of sp³-hybridized carbons (Fsp3) is 0.250. The van der Waals surface area contributed by atoms with E-state index in [0.717, 1.165) is 22.8 Å². The molecule has 0 bridgehead atoms. The number of allylic oxidation sites excluding steroid dienone is 1. The Kier molecular flexibility index (Phi) is 8.11. The third-order valence-electron chi connectivity index (χ3n) is 6.45. The summed E-state index contributed by atoms with van der Waals surface area (Å²) in [5.41, 5.74) is -1.34. The van der Waals surface area contributed by atoms with E-state index in [9.17, 15) is 37.8 Å². The predicted molar refractivity (Wildman–Crippen MR) is 132 cm³/mol. The number of aromatic nitrogens is 1. The SMILES string of the molecule is O=C(N[C@H]1CCC[C@@H]1O)C(O)=CC(=O)c1cc(Cc2c(F)cccc2F)cn(Cc2ccccc2F)c1=O. The van der Waals surface area contributed by atoms with Gasteiger partial charge in [0.2, 0.25) is 0 Å². The molecule has 1 fully saturated rings. The molecule has 0 saturated heterocycles. The van der Waals surface area contributed by atoms with E-state index in [1.165, 1.54) is 30.5 Å². The number of amides is 1. The van der Waals surface area contributed by atoms with E-state index >= 15 is 0 Å². The van der Waals surface area contributed by atoms with Gasteiger partial charge in [-0.05, 0) is 49.1 Å². The first-order chi connectivity index (χ1) is 18.1. The first kappa shape index (κ1) is 26.9. The predicted octanol–water partition coefficient (Wildman–Crippen LogP) is 3.56. The van der Waals surface area contributed by atoms with Crippen molar-refractivity contribution in [3.8, 4) is 0 Å². The molecule has 1 aliphatic carbocycles. The van der Waals surface area contributed by atoms with E-state index in [0.29, 0.717) is 25.3 Å². The molecule has 2 aromatic carbocycles. The monoisotopic (exact) mass is 526 g/mol. The summed E-state index contributed by atoms with van der Waals surface area (Å²) >= 11 is 0. The molecule has 0 aliphatic heterocycles. The molecule has 198 valence electrons. The lowest BCUT2D eigenvalue weighted by Gasteiger charge is -2.16. The second-order valence-electron chi connectivity index (χ2n) is 9.14. The highest BCUT2D eigenvalue weighted by atomic mass is 19.1. The molecule has 3 aromatic rings. The summed E-state index contributed by atoms with van der Waals surface area (Å²) in [5.74, 6) is -5.25. The molecule has 3 N–H and O–H groups in total. The zero-order chi connectivity index (χ0) is 27.4. The fourth-order valence-corrected chi connectivity index (χ4v) is 4.42. The molecule has 1 amide bonds. The number of nitrogens with zero attached hydrogens (tertiary/aromatic N) is 1. The van der Waals surface area contributed by atoms with Crippen molar-refractivity contribution >= 4 is 11.7 Å². The Hall–Kier alpha value is -4.18. The molecule has 1 aliphatic rings. The van der Waals surface area contributed by atoms with Crippen LogP contribution in [0.5, 0.6) is 0 Å². The van der Waals surface area contributed by atoms with Gasteiger partial charge in [0.25, 0.3) is 11.5 Å². The van der Waals surface area contributed by atoms with Gasteiger partial charge in [-0.25, -0.2) is 13.2 Å². The summed E-state index contributed by atoms with van der Waals surface area (Å²) in [7, 11) is 0. The number of benzene rings is 2. The number of rotatable bonds is 8. The summed E-state index contributed by atoms with van der Waals surface area (Å²) in [6, 6.07) is 9.56. The number of hydrogen-bond acceptors (Lipinski definition) is 5. The molecule has 1 saturated carbocycles. The largest absolute Gasteiger partial charge is 0.503 e. The number of ketones is 1. The summed E-state index contributed by atoms with van der Waals surface area (Å²) in [6.07, 6.45) is 2.42. The van der Waals surface area contributed by atoms with Crippen molar-refractivity contribution in [2.75, 3.05) is 0 Å². The summed E-state index contributed by atoms with van der Waals surface area (Å²) < 4.78 is 43.9. The highest BCUT2D eigenvalue weighted by Gasteiger charge is 2.28. The average Bonchev–Trinajstić information content (AvgIpc) is 3.28. The van der Waals surface area contributed by atoms with Crippen molar-refractivity contribution in [1.29, 1.82) is 0 Å². The zero-order valence-electron chi connectivity index (χ0n) is 20.2. The Morgan fingerprint density at radius 3 is 2.37 bits per heavy atom. The fourth-order valence-electron chi connectivity index (χ4n) is 4.42. The number of carbonyl (C=O) groups excluding carboxylic acids is 2. The van der Waals surface area contributed by atoms with Crippen molar-refractivity contribution in [1.82, 2.24) is 9.88 Å². The lowest BCUT2D eigenvalue weighted by Crippen LogP contribution is -2.40. The maximum absolute atomic E-state index is 14.3. The second kappa shape index (κ2) is 11.5. The maximum Gasteiger partial charge on any atom is 0.286 e. The second-order valence-corrected chi connectivity index (χ2v) is 9.14. The van der Waals surface area contributed by atoms with Gasteiger partial charge in [0, 0.05) is 29.8 Å². The number of halogens is 3. The topological polar surface area (TPSA) is 109 Å². The van der Waals surface area contributed by atoms with Gasteiger partial charge in [-0.1, -0.05) is 24.3 Å². The van der Waals surface area contributed by atoms with Crippen LogP contribution in [0.25, 0.3) is 0 Å². The quantitative estimate of drug-likeness (QED) is 0.236. The molecule has 38 heavy (non-hydrogen) atoms. The third kappa shape index (κ3) is 6.03. The Balaban J connectivity index is 1.70. The van der Waals surface area contributed by atoms with Gasteiger partial charge in [0.05, 0.1) is 24.3 Å². The zero-order valence-corrected chi connectivity index (χ0v) is 20.2. The van der Waals surface area contributed by atoms with Crippen LogP contribution in [-0.2, 0) is 17.8 Å². The minimum atomic E-state index is -1.03. The lowest BCUT2D eigenvalue weighted by atomic mass is 10.0. The molecular formula is C28H25F3N2O5. The molecule has 4 rings (SSSR count). The molecule has 7 nitrogen and oxygen atoms in total. The first-order valence-corrected chi connectivity index (χ1v) is 12.0. The molecule has 2 atom stereocenters. The standard InChI is InChI=1S/C28H25F3N2O5/c29-20-6-2-1-5-17(20)15-33-14-16(11-18-21(30)7-3-8-22(18)31)12-19(28(33)38)25(35)13-26(36)27(37)32-23-9-4-10-24(23)34/h1-3,5-8,12-14,23-24,34,36H,4,9-11,15H2,(H,32,37)/t23-,24-/m0/s1. The van der Waals surface area contributed by atoms with Crippen LogP contribution in [0.3, 0.4) is 0 Å². The number of aliphatic hydroxyl groups is 2. The number of carbonyl (C=O) groups is 2.